The highest BCUT2D eigenvalue weighted by Gasteiger charge is 2.45. The normalized spacial score (nSPS) is 19.4. The smallest absolute Gasteiger partial charge is 0.235 e. The molecule has 0 saturated heterocycles. The molecule has 2 saturated carbocycles. The summed E-state index contributed by atoms with van der Waals surface area (Å²) in [5, 5.41) is 0. The van der Waals surface area contributed by atoms with Crippen LogP contribution in [0.2, 0.25) is 0 Å². The van der Waals surface area contributed by atoms with Crippen LogP contribution in [0.15, 0.2) is 23.2 Å². The van der Waals surface area contributed by atoms with Gasteiger partial charge in [-0.3, -0.25) is 0 Å². The number of nitrogens with zero attached hydrogens (tertiary/aromatic N) is 1. The van der Waals surface area contributed by atoms with Gasteiger partial charge in [0.2, 0.25) is 6.08 Å². The van der Waals surface area contributed by atoms with E-state index in [-0.39, 0.29) is 5.54 Å². The zero-order valence-corrected chi connectivity index (χ0v) is 11.0. The minimum absolute atomic E-state index is 0.357. The molecule has 3 rings (SSSR count). The van der Waals surface area contributed by atoms with Crippen LogP contribution in [0.1, 0.15) is 31.2 Å². The van der Waals surface area contributed by atoms with Crippen LogP contribution in [0.4, 0.5) is 0 Å². The van der Waals surface area contributed by atoms with Crippen molar-refractivity contribution < 1.29 is 14.3 Å². The molecular weight excluding hydrogens is 242 g/mol. The predicted octanol–water partition coefficient (Wildman–Crippen LogP) is 2.81. The first-order valence-corrected chi connectivity index (χ1v) is 6.68. The largest absolute Gasteiger partial charge is 0.493 e. The highest BCUT2D eigenvalue weighted by molar-refractivity contribution is 5.48. The number of hydrogen-bond acceptors (Lipinski definition) is 4. The molecule has 100 valence electrons. The van der Waals surface area contributed by atoms with Crippen molar-refractivity contribution in [1.29, 1.82) is 0 Å². The van der Waals surface area contributed by atoms with E-state index in [0.717, 1.165) is 30.8 Å². The van der Waals surface area contributed by atoms with Gasteiger partial charge in [0.25, 0.3) is 0 Å². The first kappa shape index (κ1) is 12.2. The Kier molecular flexibility index (Phi) is 3.03. The Labute approximate surface area is 112 Å². The van der Waals surface area contributed by atoms with Crippen LogP contribution in [-0.4, -0.2) is 19.8 Å². The third-order valence-electron chi connectivity index (χ3n) is 3.86. The third kappa shape index (κ3) is 2.49. The molecule has 1 aromatic rings. The molecule has 0 heterocycles. The van der Waals surface area contributed by atoms with E-state index in [1.54, 1.807) is 13.2 Å². The van der Waals surface area contributed by atoms with Crippen molar-refractivity contribution in [2.75, 3.05) is 13.7 Å². The van der Waals surface area contributed by atoms with Gasteiger partial charge < -0.3 is 9.47 Å². The Morgan fingerprint density at radius 3 is 2.74 bits per heavy atom. The second-order valence-corrected chi connectivity index (χ2v) is 5.35. The molecule has 0 unspecified atom stereocenters. The number of aliphatic imine (C=N–C) groups is 1. The van der Waals surface area contributed by atoms with Gasteiger partial charge in [-0.2, -0.15) is 4.99 Å². The zero-order valence-electron chi connectivity index (χ0n) is 11.0. The molecule has 0 aromatic heterocycles. The Morgan fingerprint density at radius 2 is 2.16 bits per heavy atom. The average Bonchev–Trinajstić information content (AvgIpc) is 3.32. The topological polar surface area (TPSA) is 47.9 Å². The van der Waals surface area contributed by atoms with Crippen LogP contribution in [0, 0.1) is 5.92 Å². The minimum Gasteiger partial charge on any atom is -0.493 e. The summed E-state index contributed by atoms with van der Waals surface area (Å²) in [6, 6.07) is 5.81. The predicted molar refractivity (Wildman–Crippen MR) is 70.2 cm³/mol. The molecule has 4 heteroatoms. The lowest BCUT2D eigenvalue weighted by atomic mass is 10.0. The van der Waals surface area contributed by atoms with E-state index in [4.69, 9.17) is 9.47 Å². The third-order valence-corrected chi connectivity index (χ3v) is 3.86. The number of methoxy groups -OCH3 is 1. The standard InChI is InChI=1S/C15H17NO3/c1-18-14-8-12(15(6-7-15)16-10-17)4-5-13(14)19-9-11-2-3-11/h4-5,8,11H,2-3,6-7,9H2,1H3. The minimum atomic E-state index is -0.357. The molecule has 0 amide bonds. The number of ether oxygens (including phenoxy) is 2. The fourth-order valence-corrected chi connectivity index (χ4v) is 2.24. The molecule has 2 fully saturated rings. The van der Waals surface area contributed by atoms with Crippen molar-refractivity contribution in [2.24, 2.45) is 10.9 Å². The summed E-state index contributed by atoms with van der Waals surface area (Å²) >= 11 is 0. The maximum Gasteiger partial charge on any atom is 0.235 e. The summed E-state index contributed by atoms with van der Waals surface area (Å²) in [6.45, 7) is 0.757. The lowest BCUT2D eigenvalue weighted by molar-refractivity contribution is 0.280. The molecule has 1 aromatic carbocycles. The summed E-state index contributed by atoms with van der Waals surface area (Å²) in [6.07, 6.45) is 5.99. The highest BCUT2D eigenvalue weighted by atomic mass is 16.5. The molecule has 0 aliphatic heterocycles. The molecule has 2 aliphatic rings. The monoisotopic (exact) mass is 259 g/mol. The Bertz CT molecular complexity index is 526. The van der Waals surface area contributed by atoms with Crippen LogP contribution in [0.5, 0.6) is 11.5 Å². The van der Waals surface area contributed by atoms with Gasteiger partial charge >= 0.3 is 0 Å². The lowest BCUT2D eigenvalue weighted by Crippen LogP contribution is -2.05. The summed E-state index contributed by atoms with van der Waals surface area (Å²) in [4.78, 5) is 14.4. The lowest BCUT2D eigenvalue weighted by Gasteiger charge is -2.14. The van der Waals surface area contributed by atoms with Gasteiger partial charge in [0.05, 0.1) is 19.3 Å². The fraction of sp³-hybridized carbons (Fsp3) is 0.533. The van der Waals surface area contributed by atoms with Crippen LogP contribution >= 0.6 is 0 Å². The van der Waals surface area contributed by atoms with E-state index in [0.29, 0.717) is 11.7 Å². The number of isocyanates is 1. The Hall–Kier alpha value is -1.80. The van der Waals surface area contributed by atoms with Crippen molar-refractivity contribution in [3.63, 3.8) is 0 Å². The molecule has 0 radical (unpaired) electrons. The number of carbonyl (C=O) groups excluding carboxylic acids is 1. The fourth-order valence-electron chi connectivity index (χ4n) is 2.24. The number of benzene rings is 1. The second kappa shape index (κ2) is 4.71. The van der Waals surface area contributed by atoms with E-state index in [1.807, 2.05) is 18.2 Å². The van der Waals surface area contributed by atoms with Crippen molar-refractivity contribution in [2.45, 2.75) is 31.2 Å². The molecule has 0 bridgehead atoms. The van der Waals surface area contributed by atoms with E-state index >= 15 is 0 Å². The zero-order chi connectivity index (χ0) is 13.3. The molecular formula is C15H17NO3. The summed E-state index contributed by atoms with van der Waals surface area (Å²) < 4.78 is 11.1. The number of hydrogen-bond donors (Lipinski definition) is 0. The van der Waals surface area contributed by atoms with Gasteiger partial charge in [0.15, 0.2) is 11.5 Å². The number of rotatable bonds is 6. The van der Waals surface area contributed by atoms with E-state index in [9.17, 15) is 4.79 Å². The molecule has 0 N–H and O–H groups in total. The average molecular weight is 259 g/mol. The molecule has 2 aliphatic carbocycles. The summed E-state index contributed by atoms with van der Waals surface area (Å²) in [5.41, 5.74) is 0.649. The van der Waals surface area contributed by atoms with Gasteiger partial charge in [-0.1, -0.05) is 6.07 Å². The van der Waals surface area contributed by atoms with Gasteiger partial charge in [-0.15, -0.1) is 0 Å². The van der Waals surface area contributed by atoms with Crippen molar-refractivity contribution >= 4 is 6.08 Å². The highest BCUT2D eigenvalue weighted by Crippen LogP contribution is 2.50. The van der Waals surface area contributed by atoms with Gasteiger partial charge in [-0.25, -0.2) is 4.79 Å². The Morgan fingerprint density at radius 1 is 1.37 bits per heavy atom. The van der Waals surface area contributed by atoms with Crippen molar-refractivity contribution in [3.05, 3.63) is 23.8 Å². The maximum atomic E-state index is 10.5. The van der Waals surface area contributed by atoms with Gasteiger partial charge in [0, 0.05) is 0 Å². The molecule has 19 heavy (non-hydrogen) atoms. The van der Waals surface area contributed by atoms with Crippen LogP contribution in [0.3, 0.4) is 0 Å². The van der Waals surface area contributed by atoms with E-state index in [2.05, 4.69) is 4.99 Å². The second-order valence-electron chi connectivity index (χ2n) is 5.35. The van der Waals surface area contributed by atoms with E-state index in [1.165, 1.54) is 12.8 Å². The summed E-state index contributed by atoms with van der Waals surface area (Å²) in [5.74, 6) is 2.19. The summed E-state index contributed by atoms with van der Waals surface area (Å²) in [7, 11) is 1.63. The molecule has 4 nitrogen and oxygen atoms in total. The first-order valence-electron chi connectivity index (χ1n) is 6.68. The van der Waals surface area contributed by atoms with Crippen LogP contribution in [-0.2, 0) is 10.3 Å². The van der Waals surface area contributed by atoms with Crippen LogP contribution in [0.25, 0.3) is 0 Å². The van der Waals surface area contributed by atoms with Crippen LogP contribution < -0.4 is 9.47 Å². The van der Waals surface area contributed by atoms with E-state index < -0.39 is 0 Å². The van der Waals surface area contributed by atoms with Gasteiger partial charge in [0.1, 0.15) is 0 Å². The Balaban J connectivity index is 1.81. The quantitative estimate of drug-likeness (QED) is 0.583. The van der Waals surface area contributed by atoms with Crippen molar-refractivity contribution in [3.8, 4) is 11.5 Å². The maximum absolute atomic E-state index is 10.5. The SMILES string of the molecule is COc1cc(C2(N=C=O)CC2)ccc1OCC1CC1. The molecule has 0 atom stereocenters. The first-order chi connectivity index (χ1) is 9.27. The van der Waals surface area contributed by atoms with Crippen molar-refractivity contribution in [1.82, 2.24) is 0 Å². The van der Waals surface area contributed by atoms with Gasteiger partial charge in [-0.05, 0) is 49.3 Å². The molecule has 0 spiro atoms.